The van der Waals surface area contributed by atoms with Crippen LogP contribution in [0.1, 0.15) is 12.0 Å². The third-order valence-electron chi connectivity index (χ3n) is 4.26. The van der Waals surface area contributed by atoms with Crippen molar-refractivity contribution in [3.05, 3.63) is 131 Å². The summed E-state index contributed by atoms with van der Waals surface area (Å²) < 4.78 is 57.0. The van der Waals surface area contributed by atoms with E-state index in [0.29, 0.717) is 23.3 Å². The molecule has 1 aliphatic rings. The van der Waals surface area contributed by atoms with E-state index in [-0.39, 0.29) is 21.0 Å². The Balaban J connectivity index is -0.000000555. The smallest absolute Gasteiger partial charge is 0.197 e. The Morgan fingerprint density at radius 2 is 0.939 bits per heavy atom. The maximum Gasteiger partial charge on any atom is 0.197 e. The van der Waals surface area contributed by atoms with Crippen molar-refractivity contribution >= 4 is 22.9 Å². The topological polar surface area (TPSA) is 284 Å². The summed E-state index contributed by atoms with van der Waals surface area (Å²) in [5, 5.41) is 7.34. The van der Waals surface area contributed by atoms with Crippen molar-refractivity contribution in [2.45, 2.75) is 6.17 Å². The van der Waals surface area contributed by atoms with Crippen molar-refractivity contribution in [3.63, 3.8) is 0 Å². The van der Waals surface area contributed by atoms with Crippen molar-refractivity contribution in [2.75, 3.05) is 6.54 Å². The van der Waals surface area contributed by atoms with Gasteiger partial charge in [-0.25, -0.2) is 54.0 Å². The van der Waals surface area contributed by atoms with Crippen molar-refractivity contribution < 1.29 is 63.8 Å². The van der Waals surface area contributed by atoms with E-state index in [1.165, 1.54) is 0 Å². The van der Waals surface area contributed by atoms with Gasteiger partial charge >= 0.3 is 53.7 Å². The van der Waals surface area contributed by atoms with Gasteiger partial charge in [-0.05, 0) is 36.5 Å². The first-order chi connectivity index (χ1) is 23.0. The Bertz CT molecular complexity index is 1410. The van der Waals surface area contributed by atoms with Crippen LogP contribution in [-0.4, -0.2) is 78.1 Å². The number of aromatic nitrogens is 10. The molecule has 0 bridgehead atoms. The Labute approximate surface area is 307 Å². The van der Waals surface area contributed by atoms with E-state index in [4.69, 9.17) is 29.1 Å². The van der Waals surface area contributed by atoms with Crippen LogP contribution >= 0.6 is 0 Å². The van der Waals surface area contributed by atoms with Gasteiger partial charge in [0.25, 0.3) is 0 Å². The van der Waals surface area contributed by atoms with Gasteiger partial charge in [-0.2, -0.15) is 14.6 Å². The molecule has 2 N–H and O–H groups in total. The van der Waals surface area contributed by atoms with Gasteiger partial charge in [-0.15, -0.1) is 0 Å². The third kappa shape index (κ3) is 24.4. The summed E-state index contributed by atoms with van der Waals surface area (Å²) in [7, 11) is 0. The number of rotatable bonds is 3. The summed E-state index contributed by atoms with van der Waals surface area (Å²) in [6.07, 6.45) is 20.4. The molecular formula is C26H28N12O7S2V2-2. The van der Waals surface area contributed by atoms with E-state index in [0.717, 1.165) is 47.1 Å². The molecule has 0 saturated heterocycles. The maximum atomic E-state index is 8.56. The van der Waals surface area contributed by atoms with Crippen LogP contribution in [0.25, 0.3) is 28.6 Å². The molecule has 258 valence electrons. The van der Waals surface area contributed by atoms with Crippen LogP contribution in [-0.2, 0) is 65.0 Å². The maximum absolute atomic E-state index is 8.56. The van der Waals surface area contributed by atoms with Gasteiger partial charge in [0.15, 0.2) is 23.3 Å². The quantitative estimate of drug-likeness (QED) is 0.196. The van der Waals surface area contributed by atoms with Gasteiger partial charge in [-0.1, -0.05) is 6.08 Å². The average molecular weight is 787 g/mol. The minimum Gasteiger partial charge on any atom is -0.234 e. The standard InChI is InChI=1S/C8H9N4.2C8H6N4.2CH3.H2O3S.O2S.2O.2V/c3*1-3-9-7(10-4-1)8-11-5-2-6-12-8;;;1-4(2)3;1-3-2;;;;/h1-5,8,12H,6H2;2*1-6H;2*1H3;(H2,1,2,3);;;;;/q-1;;;2*-1;;;;;;+2/p-1. The molecule has 49 heavy (non-hydrogen) atoms. The van der Waals surface area contributed by atoms with Gasteiger partial charge in [-0.3, -0.25) is 0 Å². The molecule has 6 heterocycles. The molecule has 23 heteroatoms. The first-order valence-electron chi connectivity index (χ1n) is 12.1. The summed E-state index contributed by atoms with van der Waals surface area (Å²) in [5.41, 5.74) is 0. The molecular weight excluding hydrogens is 758 g/mol. The van der Waals surface area contributed by atoms with Gasteiger partial charge in [0.2, 0.25) is 0 Å². The van der Waals surface area contributed by atoms with Gasteiger partial charge in [0.05, 0.1) is 11.4 Å². The molecule has 6 rings (SSSR count). The van der Waals surface area contributed by atoms with Crippen molar-refractivity contribution in [3.8, 4) is 23.3 Å². The second-order valence-electron chi connectivity index (χ2n) is 7.03. The molecule has 0 saturated carbocycles. The Kier molecular flexibility index (Phi) is 34.8. The summed E-state index contributed by atoms with van der Waals surface area (Å²) in [6.45, 7) is 0.826. The fourth-order valence-electron chi connectivity index (χ4n) is 2.70. The molecule has 1 aliphatic heterocycles. The predicted molar refractivity (Wildman–Crippen MR) is 166 cm³/mol. The zero-order valence-electron chi connectivity index (χ0n) is 25.6. The molecule has 0 aromatic carbocycles. The van der Waals surface area contributed by atoms with Crippen LogP contribution in [0.3, 0.4) is 0 Å². The molecule has 2 atom stereocenters. The van der Waals surface area contributed by atoms with E-state index in [9.17, 15) is 0 Å². The number of hydrogen-bond donors (Lipinski definition) is 2. The minimum atomic E-state index is -2.86. The van der Waals surface area contributed by atoms with Crippen LogP contribution in [0.2, 0.25) is 0 Å². The summed E-state index contributed by atoms with van der Waals surface area (Å²) in [5.74, 6) is 2.94. The van der Waals surface area contributed by atoms with Crippen LogP contribution in [0.15, 0.2) is 105 Å². The molecule has 5 aromatic rings. The van der Waals surface area contributed by atoms with Crippen molar-refractivity contribution in [1.29, 1.82) is 0 Å². The SMILES string of the molecule is C1=C[N-]C(c2ncccn2)NC1.O=S([O-])O.O=S=O.[CH3-].[CH3-].[O]=[V+2].[O]=[V].c1cnc(-c2ncccn2)nc1.c1cnc(-c2ncccn2)nc1. The molecule has 0 radical (unpaired) electrons. The van der Waals surface area contributed by atoms with Crippen molar-refractivity contribution in [2.24, 2.45) is 0 Å². The van der Waals surface area contributed by atoms with Gasteiger partial charge in [0, 0.05) is 68.5 Å². The molecule has 0 fully saturated rings. The normalized spacial score (nSPS) is 11.8. The fraction of sp³-hybridized carbons (Fsp3) is 0.0769. The zero-order chi connectivity index (χ0) is 35.0. The van der Waals surface area contributed by atoms with Crippen LogP contribution in [0.4, 0.5) is 0 Å². The van der Waals surface area contributed by atoms with Crippen molar-refractivity contribution in [1.82, 2.24) is 55.2 Å². The van der Waals surface area contributed by atoms with E-state index in [1.54, 1.807) is 98.5 Å². The number of nitrogens with one attached hydrogen (secondary N) is 1. The minimum absolute atomic E-state index is 0. The molecule has 0 amide bonds. The molecule has 2 unspecified atom stereocenters. The molecule has 19 nitrogen and oxygen atoms in total. The largest absolute Gasteiger partial charge is 0.234 e. The Morgan fingerprint density at radius 3 is 1.16 bits per heavy atom. The average Bonchev–Trinajstić information content (AvgIpc) is 3.16. The summed E-state index contributed by atoms with van der Waals surface area (Å²) in [6, 6.07) is 8.82. The van der Waals surface area contributed by atoms with Crippen LogP contribution in [0.5, 0.6) is 0 Å². The predicted octanol–water partition coefficient (Wildman–Crippen LogP) is 2.16. The van der Waals surface area contributed by atoms with Gasteiger partial charge in [0.1, 0.15) is 5.82 Å². The first kappa shape index (κ1) is 49.0. The third-order valence-corrected chi connectivity index (χ3v) is 4.26. The summed E-state index contributed by atoms with van der Waals surface area (Å²) in [4.78, 5) is 40.3. The first-order valence-corrected chi connectivity index (χ1v) is 14.9. The Hall–Kier alpha value is -4.44. The van der Waals surface area contributed by atoms with Crippen LogP contribution < -0.4 is 5.32 Å². The number of nitrogens with zero attached hydrogens (tertiary/aromatic N) is 11. The number of hydrogen-bond acceptors (Lipinski definition) is 17. The molecule has 0 aliphatic carbocycles. The van der Waals surface area contributed by atoms with E-state index in [2.05, 4.69) is 60.5 Å². The van der Waals surface area contributed by atoms with E-state index >= 15 is 0 Å². The van der Waals surface area contributed by atoms with Gasteiger partial charge < -0.3 is 34.6 Å². The zero-order valence-corrected chi connectivity index (χ0v) is 30.1. The fourth-order valence-corrected chi connectivity index (χ4v) is 2.70. The van der Waals surface area contributed by atoms with Crippen LogP contribution in [0, 0.1) is 14.9 Å². The summed E-state index contributed by atoms with van der Waals surface area (Å²) >= 11 is -1.49. The Morgan fingerprint density at radius 1 is 0.694 bits per heavy atom. The second kappa shape index (κ2) is 34.9. The second-order valence-corrected chi connectivity index (χ2v) is 7.60. The monoisotopic (exact) mass is 786 g/mol. The van der Waals surface area contributed by atoms with E-state index < -0.39 is 22.9 Å². The van der Waals surface area contributed by atoms with E-state index in [1.807, 2.05) is 6.08 Å². The molecule has 5 aromatic heterocycles. The molecule has 0 spiro atoms.